The Bertz CT molecular complexity index is 940. The summed E-state index contributed by atoms with van der Waals surface area (Å²) in [5.74, 6) is -0.104. The van der Waals surface area contributed by atoms with Crippen molar-refractivity contribution in [3.05, 3.63) is 70.1 Å². The van der Waals surface area contributed by atoms with E-state index in [2.05, 4.69) is 0 Å². The fourth-order valence-corrected chi connectivity index (χ4v) is 3.90. The van der Waals surface area contributed by atoms with Gasteiger partial charge in [-0.05, 0) is 11.6 Å². The number of pyridine rings is 1. The normalized spacial score (nSPS) is 22.1. The SMILES string of the molecule is Cn1cc(C(=O)N2C[C@@H]3OCCC(=O)N(Cc4ccccc4)[C@H]3C2)ccc1=O. The van der Waals surface area contributed by atoms with Crippen molar-refractivity contribution in [1.82, 2.24) is 14.4 Å². The van der Waals surface area contributed by atoms with E-state index in [9.17, 15) is 14.4 Å². The minimum atomic E-state index is -0.202. The van der Waals surface area contributed by atoms with Gasteiger partial charge in [0, 0.05) is 38.9 Å². The van der Waals surface area contributed by atoms with Crippen LogP contribution < -0.4 is 5.56 Å². The van der Waals surface area contributed by atoms with E-state index < -0.39 is 0 Å². The number of carbonyl (C=O) groups is 2. The summed E-state index contributed by atoms with van der Waals surface area (Å²) in [7, 11) is 1.62. The highest BCUT2D eigenvalue weighted by atomic mass is 16.5. The Balaban J connectivity index is 1.55. The van der Waals surface area contributed by atoms with Gasteiger partial charge in [0.15, 0.2) is 0 Å². The van der Waals surface area contributed by atoms with Gasteiger partial charge in [-0.25, -0.2) is 0 Å². The number of hydrogen-bond acceptors (Lipinski definition) is 4. The van der Waals surface area contributed by atoms with Gasteiger partial charge >= 0.3 is 0 Å². The lowest BCUT2D eigenvalue weighted by molar-refractivity contribution is -0.133. The van der Waals surface area contributed by atoms with E-state index in [1.165, 1.54) is 10.6 Å². The smallest absolute Gasteiger partial charge is 0.255 e. The number of rotatable bonds is 3. The molecule has 2 atom stereocenters. The van der Waals surface area contributed by atoms with Crippen molar-refractivity contribution >= 4 is 11.8 Å². The molecule has 2 aliphatic heterocycles. The van der Waals surface area contributed by atoms with E-state index in [-0.39, 0.29) is 29.5 Å². The number of likely N-dealkylation sites (tertiary alicyclic amines) is 1. The van der Waals surface area contributed by atoms with Crippen molar-refractivity contribution in [2.24, 2.45) is 7.05 Å². The lowest BCUT2D eigenvalue weighted by Gasteiger charge is -2.29. The minimum Gasteiger partial charge on any atom is -0.374 e. The van der Waals surface area contributed by atoms with Crippen LogP contribution in [0.5, 0.6) is 0 Å². The summed E-state index contributed by atoms with van der Waals surface area (Å²) < 4.78 is 7.30. The topological polar surface area (TPSA) is 71.8 Å². The van der Waals surface area contributed by atoms with Crippen LogP contribution in [-0.2, 0) is 23.1 Å². The Morgan fingerprint density at radius 2 is 1.89 bits per heavy atom. The number of carbonyl (C=O) groups excluding carboxylic acids is 2. The maximum Gasteiger partial charge on any atom is 0.255 e. The second-order valence-electron chi connectivity index (χ2n) is 7.31. The molecule has 0 saturated carbocycles. The van der Waals surface area contributed by atoms with Gasteiger partial charge in [-0.15, -0.1) is 0 Å². The van der Waals surface area contributed by atoms with Gasteiger partial charge in [0.05, 0.1) is 30.7 Å². The van der Waals surface area contributed by atoms with Gasteiger partial charge in [-0.1, -0.05) is 30.3 Å². The third kappa shape index (κ3) is 3.57. The fraction of sp³-hybridized carbons (Fsp3) is 0.381. The predicted molar refractivity (Wildman–Crippen MR) is 103 cm³/mol. The van der Waals surface area contributed by atoms with Gasteiger partial charge in [-0.3, -0.25) is 14.4 Å². The molecule has 0 spiro atoms. The Hall–Kier alpha value is -2.93. The van der Waals surface area contributed by atoms with E-state index in [4.69, 9.17) is 4.74 Å². The van der Waals surface area contributed by atoms with Gasteiger partial charge in [0.1, 0.15) is 0 Å². The second-order valence-corrected chi connectivity index (χ2v) is 7.31. The van der Waals surface area contributed by atoms with Crippen LogP contribution >= 0.6 is 0 Å². The summed E-state index contributed by atoms with van der Waals surface area (Å²) in [4.78, 5) is 40.8. The zero-order chi connectivity index (χ0) is 19.7. The van der Waals surface area contributed by atoms with E-state index in [0.29, 0.717) is 38.2 Å². The molecule has 2 aliphatic rings. The molecule has 146 valence electrons. The molecule has 4 rings (SSSR count). The molecule has 1 aromatic carbocycles. The molecule has 2 saturated heterocycles. The lowest BCUT2D eigenvalue weighted by atomic mass is 10.1. The summed E-state index contributed by atoms with van der Waals surface area (Å²) in [5.41, 5.74) is 1.35. The molecule has 28 heavy (non-hydrogen) atoms. The predicted octanol–water partition coefficient (Wildman–Crippen LogP) is 1.03. The Morgan fingerprint density at radius 1 is 1.11 bits per heavy atom. The van der Waals surface area contributed by atoms with E-state index in [1.54, 1.807) is 24.2 Å². The third-order valence-electron chi connectivity index (χ3n) is 5.42. The van der Waals surface area contributed by atoms with Crippen LogP contribution in [0, 0.1) is 0 Å². The zero-order valence-electron chi connectivity index (χ0n) is 15.8. The van der Waals surface area contributed by atoms with Gasteiger partial charge < -0.3 is 19.1 Å². The van der Waals surface area contributed by atoms with E-state index in [0.717, 1.165) is 5.56 Å². The molecule has 1 aromatic heterocycles. The van der Waals surface area contributed by atoms with Crippen molar-refractivity contribution in [1.29, 1.82) is 0 Å². The molecule has 7 heteroatoms. The summed E-state index contributed by atoms with van der Waals surface area (Å²) in [6.07, 6.45) is 1.70. The van der Waals surface area contributed by atoms with Gasteiger partial charge in [0.2, 0.25) is 11.5 Å². The Morgan fingerprint density at radius 3 is 2.64 bits per heavy atom. The molecular weight excluding hydrogens is 358 g/mol. The highest BCUT2D eigenvalue weighted by Crippen LogP contribution is 2.26. The number of benzene rings is 1. The summed E-state index contributed by atoms with van der Waals surface area (Å²) in [6, 6.07) is 12.6. The number of nitrogens with zero attached hydrogens (tertiary/aromatic N) is 3. The maximum absolute atomic E-state index is 12.9. The second kappa shape index (κ2) is 7.59. The number of amides is 2. The first kappa shape index (κ1) is 18.4. The van der Waals surface area contributed by atoms with Crippen molar-refractivity contribution in [3.63, 3.8) is 0 Å². The minimum absolute atomic E-state index is 0.0489. The molecule has 7 nitrogen and oxygen atoms in total. The van der Waals surface area contributed by atoms with Crippen LogP contribution in [0.15, 0.2) is 53.5 Å². The zero-order valence-corrected chi connectivity index (χ0v) is 15.8. The summed E-state index contributed by atoms with van der Waals surface area (Å²) in [6.45, 7) is 1.73. The monoisotopic (exact) mass is 381 g/mol. The molecule has 2 amide bonds. The molecule has 2 aromatic rings. The first-order valence-corrected chi connectivity index (χ1v) is 9.44. The number of hydrogen-bond donors (Lipinski definition) is 0. The summed E-state index contributed by atoms with van der Waals surface area (Å²) >= 11 is 0. The van der Waals surface area contributed by atoms with Gasteiger partial charge in [-0.2, -0.15) is 0 Å². The number of fused-ring (bicyclic) bond motifs is 1. The molecule has 0 N–H and O–H groups in total. The average Bonchev–Trinajstić information content (AvgIpc) is 3.06. The molecule has 0 radical (unpaired) electrons. The molecule has 2 fully saturated rings. The van der Waals surface area contributed by atoms with Crippen molar-refractivity contribution in [3.8, 4) is 0 Å². The molecule has 0 aliphatic carbocycles. The van der Waals surface area contributed by atoms with Crippen molar-refractivity contribution in [2.45, 2.75) is 25.1 Å². The Kier molecular flexibility index (Phi) is 5.00. The standard InChI is InChI=1S/C21H23N3O4/c1-22-12-16(7-8-19(22)25)21(27)23-13-17-18(14-23)28-10-9-20(26)24(17)11-15-5-3-2-4-6-15/h2-8,12,17-18H,9-11,13-14H2,1H3/t17-,18-/m0/s1. The first-order chi connectivity index (χ1) is 13.5. The maximum atomic E-state index is 12.9. The highest BCUT2D eigenvalue weighted by molar-refractivity contribution is 5.94. The van der Waals surface area contributed by atoms with E-state index in [1.807, 2.05) is 35.2 Å². The van der Waals surface area contributed by atoms with Crippen LogP contribution in [0.2, 0.25) is 0 Å². The van der Waals surface area contributed by atoms with Crippen LogP contribution in [0.25, 0.3) is 0 Å². The van der Waals surface area contributed by atoms with Crippen LogP contribution in [0.3, 0.4) is 0 Å². The molecule has 0 unspecified atom stereocenters. The summed E-state index contributed by atoms with van der Waals surface area (Å²) in [5, 5.41) is 0. The van der Waals surface area contributed by atoms with Crippen LogP contribution in [0.1, 0.15) is 22.3 Å². The average molecular weight is 381 g/mol. The Labute approximate surface area is 163 Å². The molecular formula is C21H23N3O4. The van der Waals surface area contributed by atoms with E-state index >= 15 is 0 Å². The number of aryl methyl sites for hydroxylation is 1. The van der Waals surface area contributed by atoms with Crippen LogP contribution in [0.4, 0.5) is 0 Å². The number of ether oxygens (including phenoxy) is 1. The highest BCUT2D eigenvalue weighted by Gasteiger charge is 2.43. The van der Waals surface area contributed by atoms with Crippen molar-refractivity contribution in [2.75, 3.05) is 19.7 Å². The van der Waals surface area contributed by atoms with Crippen molar-refractivity contribution < 1.29 is 14.3 Å². The number of aromatic nitrogens is 1. The third-order valence-corrected chi connectivity index (χ3v) is 5.42. The lowest BCUT2D eigenvalue weighted by Crippen LogP contribution is -2.45. The largest absolute Gasteiger partial charge is 0.374 e. The van der Waals surface area contributed by atoms with Crippen LogP contribution in [-0.4, -0.2) is 58.0 Å². The quantitative estimate of drug-likeness (QED) is 0.796. The molecule has 0 bridgehead atoms. The molecule has 3 heterocycles. The first-order valence-electron chi connectivity index (χ1n) is 9.44. The fourth-order valence-electron chi connectivity index (χ4n) is 3.90. The van der Waals surface area contributed by atoms with Gasteiger partial charge in [0.25, 0.3) is 5.91 Å².